The highest BCUT2D eigenvalue weighted by molar-refractivity contribution is 5.70. The second kappa shape index (κ2) is 8.83. The van der Waals surface area contributed by atoms with Gasteiger partial charge in [0.25, 0.3) is 0 Å². The van der Waals surface area contributed by atoms with Crippen molar-refractivity contribution in [1.82, 2.24) is 5.32 Å². The molecular weight excluding hydrogens is 262 g/mol. The van der Waals surface area contributed by atoms with E-state index < -0.39 is 5.97 Å². The molecule has 0 aromatic heterocycles. The Labute approximate surface area is 128 Å². The molecule has 3 nitrogen and oxygen atoms in total. The lowest BCUT2D eigenvalue weighted by Crippen LogP contribution is -2.33. The van der Waals surface area contributed by atoms with E-state index in [-0.39, 0.29) is 5.92 Å². The van der Waals surface area contributed by atoms with Crippen molar-refractivity contribution in [3.8, 4) is 0 Å². The van der Waals surface area contributed by atoms with Crippen molar-refractivity contribution >= 4 is 5.97 Å². The average molecular weight is 291 g/mol. The Morgan fingerprint density at radius 2 is 1.71 bits per heavy atom. The van der Waals surface area contributed by atoms with E-state index in [1.165, 1.54) is 5.56 Å². The number of rotatable bonds is 9. The van der Waals surface area contributed by atoms with Gasteiger partial charge in [0.1, 0.15) is 0 Å². The van der Waals surface area contributed by atoms with Crippen LogP contribution in [0, 0.1) is 17.8 Å². The van der Waals surface area contributed by atoms with Gasteiger partial charge in [-0.25, -0.2) is 0 Å². The molecule has 0 fully saturated rings. The predicted octanol–water partition coefficient (Wildman–Crippen LogP) is 3.76. The van der Waals surface area contributed by atoms with Crippen molar-refractivity contribution in [2.75, 3.05) is 13.1 Å². The van der Waals surface area contributed by atoms with Crippen LogP contribution < -0.4 is 5.32 Å². The van der Waals surface area contributed by atoms with Crippen molar-refractivity contribution in [3.63, 3.8) is 0 Å². The maximum Gasteiger partial charge on any atom is 0.307 e. The molecular formula is C18H29NO2. The van der Waals surface area contributed by atoms with Gasteiger partial charge in [-0.1, -0.05) is 58.0 Å². The lowest BCUT2D eigenvalue weighted by Gasteiger charge is -2.23. The summed E-state index contributed by atoms with van der Waals surface area (Å²) in [5, 5.41) is 12.6. The van der Waals surface area contributed by atoms with Crippen LogP contribution in [0.3, 0.4) is 0 Å². The fraction of sp³-hybridized carbons (Fsp3) is 0.611. The van der Waals surface area contributed by atoms with Gasteiger partial charge in [-0.05, 0) is 29.7 Å². The van der Waals surface area contributed by atoms with Gasteiger partial charge < -0.3 is 10.4 Å². The van der Waals surface area contributed by atoms with Crippen LogP contribution in [0.25, 0.3) is 0 Å². The van der Waals surface area contributed by atoms with Crippen molar-refractivity contribution in [2.24, 2.45) is 17.8 Å². The topological polar surface area (TPSA) is 49.3 Å². The van der Waals surface area contributed by atoms with Gasteiger partial charge in [-0.15, -0.1) is 0 Å². The standard InChI is InChI=1S/C18H29NO2/c1-13(2)10-16(18(20)21)11-19-12-17(14(3)4)15-8-6-5-7-9-15/h5-9,13-14,16-17,19H,10-12H2,1-4H3,(H,20,21). The van der Waals surface area contributed by atoms with Crippen LogP contribution in [0.2, 0.25) is 0 Å². The van der Waals surface area contributed by atoms with Gasteiger partial charge in [-0.2, -0.15) is 0 Å². The summed E-state index contributed by atoms with van der Waals surface area (Å²) in [7, 11) is 0. The van der Waals surface area contributed by atoms with Gasteiger partial charge in [0, 0.05) is 13.1 Å². The summed E-state index contributed by atoms with van der Waals surface area (Å²) in [4.78, 5) is 11.3. The Kier molecular flexibility index (Phi) is 7.44. The van der Waals surface area contributed by atoms with Crippen LogP contribution in [0.15, 0.2) is 30.3 Å². The van der Waals surface area contributed by atoms with Crippen LogP contribution in [-0.2, 0) is 4.79 Å². The molecule has 0 spiro atoms. The molecule has 1 rings (SSSR count). The van der Waals surface area contributed by atoms with Crippen molar-refractivity contribution < 1.29 is 9.90 Å². The Hall–Kier alpha value is -1.35. The first-order valence-corrected chi connectivity index (χ1v) is 7.90. The summed E-state index contributed by atoms with van der Waals surface area (Å²) in [5.41, 5.74) is 1.32. The molecule has 21 heavy (non-hydrogen) atoms. The summed E-state index contributed by atoms with van der Waals surface area (Å²) in [6, 6.07) is 10.4. The van der Waals surface area contributed by atoms with E-state index in [4.69, 9.17) is 0 Å². The summed E-state index contributed by atoms with van der Waals surface area (Å²) in [6.45, 7) is 9.92. The Balaban J connectivity index is 2.56. The van der Waals surface area contributed by atoms with Crippen molar-refractivity contribution in [2.45, 2.75) is 40.0 Å². The Morgan fingerprint density at radius 3 is 2.19 bits per heavy atom. The number of benzene rings is 1. The molecule has 2 unspecified atom stereocenters. The SMILES string of the molecule is CC(C)CC(CNCC(c1ccccc1)C(C)C)C(=O)O. The van der Waals surface area contributed by atoms with Gasteiger partial charge >= 0.3 is 5.97 Å². The molecule has 1 aromatic rings. The number of hydrogen-bond acceptors (Lipinski definition) is 2. The summed E-state index contributed by atoms with van der Waals surface area (Å²) >= 11 is 0. The minimum Gasteiger partial charge on any atom is -0.481 e. The van der Waals surface area contributed by atoms with E-state index >= 15 is 0 Å². The highest BCUT2D eigenvalue weighted by atomic mass is 16.4. The summed E-state index contributed by atoms with van der Waals surface area (Å²) in [6.07, 6.45) is 0.722. The molecule has 0 heterocycles. The normalized spacial score (nSPS) is 14.4. The van der Waals surface area contributed by atoms with Crippen LogP contribution in [0.4, 0.5) is 0 Å². The monoisotopic (exact) mass is 291 g/mol. The van der Waals surface area contributed by atoms with E-state index in [2.05, 4.69) is 57.3 Å². The highest BCUT2D eigenvalue weighted by Gasteiger charge is 2.20. The third-order valence-electron chi connectivity index (χ3n) is 3.89. The minimum absolute atomic E-state index is 0.298. The van der Waals surface area contributed by atoms with Crippen LogP contribution in [-0.4, -0.2) is 24.2 Å². The first-order chi connectivity index (χ1) is 9.91. The van der Waals surface area contributed by atoms with Gasteiger partial charge in [0.05, 0.1) is 5.92 Å². The third-order valence-corrected chi connectivity index (χ3v) is 3.89. The van der Waals surface area contributed by atoms with E-state index in [0.29, 0.717) is 24.3 Å². The van der Waals surface area contributed by atoms with Gasteiger partial charge in [0.2, 0.25) is 0 Å². The van der Waals surface area contributed by atoms with Crippen molar-refractivity contribution in [1.29, 1.82) is 0 Å². The second-order valence-electron chi connectivity index (χ2n) is 6.58. The molecule has 0 amide bonds. The van der Waals surface area contributed by atoms with Crippen LogP contribution >= 0.6 is 0 Å². The number of carbonyl (C=O) groups is 1. The van der Waals surface area contributed by atoms with E-state index in [1.54, 1.807) is 0 Å². The number of aliphatic carboxylic acids is 1. The molecule has 2 atom stereocenters. The molecule has 0 saturated heterocycles. The number of carboxylic acid groups (broad SMARTS) is 1. The van der Waals surface area contributed by atoms with Gasteiger partial charge in [0.15, 0.2) is 0 Å². The largest absolute Gasteiger partial charge is 0.481 e. The zero-order chi connectivity index (χ0) is 15.8. The van der Waals surface area contributed by atoms with E-state index in [1.807, 2.05) is 6.07 Å². The highest BCUT2D eigenvalue weighted by Crippen LogP contribution is 2.23. The number of hydrogen-bond donors (Lipinski definition) is 2. The lowest BCUT2D eigenvalue weighted by molar-refractivity contribution is -0.142. The molecule has 0 aliphatic carbocycles. The summed E-state index contributed by atoms with van der Waals surface area (Å²) < 4.78 is 0. The molecule has 0 bridgehead atoms. The average Bonchev–Trinajstić information content (AvgIpc) is 2.42. The number of carboxylic acids is 1. The maximum atomic E-state index is 11.3. The summed E-state index contributed by atoms with van der Waals surface area (Å²) in [5.74, 6) is 0.349. The van der Waals surface area contributed by atoms with E-state index in [0.717, 1.165) is 13.0 Å². The Morgan fingerprint density at radius 1 is 1.10 bits per heavy atom. The number of nitrogens with one attached hydrogen (secondary N) is 1. The zero-order valence-corrected chi connectivity index (χ0v) is 13.7. The molecule has 3 heteroatoms. The molecule has 1 aromatic carbocycles. The fourth-order valence-corrected chi connectivity index (χ4v) is 2.69. The molecule has 0 radical (unpaired) electrons. The maximum absolute atomic E-state index is 11.3. The van der Waals surface area contributed by atoms with Gasteiger partial charge in [-0.3, -0.25) is 4.79 Å². The smallest absolute Gasteiger partial charge is 0.307 e. The molecule has 0 saturated carbocycles. The van der Waals surface area contributed by atoms with Crippen LogP contribution in [0.5, 0.6) is 0 Å². The molecule has 0 aliphatic rings. The minimum atomic E-state index is -0.697. The zero-order valence-electron chi connectivity index (χ0n) is 13.7. The third kappa shape index (κ3) is 6.30. The second-order valence-corrected chi connectivity index (χ2v) is 6.58. The quantitative estimate of drug-likeness (QED) is 0.728. The Bertz CT molecular complexity index is 414. The fourth-order valence-electron chi connectivity index (χ4n) is 2.69. The molecule has 2 N–H and O–H groups in total. The molecule has 0 aliphatic heterocycles. The first kappa shape index (κ1) is 17.7. The lowest BCUT2D eigenvalue weighted by atomic mass is 9.88. The van der Waals surface area contributed by atoms with Crippen LogP contribution in [0.1, 0.15) is 45.6 Å². The van der Waals surface area contributed by atoms with E-state index in [9.17, 15) is 9.90 Å². The first-order valence-electron chi connectivity index (χ1n) is 7.90. The molecule has 118 valence electrons. The van der Waals surface area contributed by atoms with Crippen molar-refractivity contribution in [3.05, 3.63) is 35.9 Å². The predicted molar refractivity (Wildman–Crippen MR) is 87.5 cm³/mol.